The lowest BCUT2D eigenvalue weighted by atomic mass is 10.1. The molecule has 2 amide bonds. The van der Waals surface area contributed by atoms with Crippen LogP contribution in [0.2, 0.25) is 0 Å². The van der Waals surface area contributed by atoms with Gasteiger partial charge in [-0.1, -0.05) is 12.1 Å². The van der Waals surface area contributed by atoms with Crippen LogP contribution in [0.15, 0.2) is 24.3 Å². The van der Waals surface area contributed by atoms with Gasteiger partial charge in [0.05, 0.1) is 5.56 Å². The van der Waals surface area contributed by atoms with Crippen LogP contribution in [0, 0.1) is 5.92 Å². The molecule has 1 unspecified atom stereocenters. The second-order valence-corrected chi connectivity index (χ2v) is 5.16. The molecule has 21 heavy (non-hydrogen) atoms. The van der Waals surface area contributed by atoms with Crippen LogP contribution in [-0.2, 0) is 4.79 Å². The molecule has 114 valence electrons. The van der Waals surface area contributed by atoms with Gasteiger partial charge in [0.15, 0.2) is 6.61 Å². The highest BCUT2D eigenvalue weighted by Crippen LogP contribution is 2.20. The van der Waals surface area contributed by atoms with Crippen LogP contribution < -0.4 is 10.5 Å². The number of rotatable bonds is 6. The number of carbonyl (C=O) groups excluding carboxylic acids is 2. The summed E-state index contributed by atoms with van der Waals surface area (Å²) in [5, 5.41) is 8.91. The summed E-state index contributed by atoms with van der Waals surface area (Å²) in [4.78, 5) is 25.1. The molecule has 1 aromatic carbocycles. The predicted molar refractivity (Wildman–Crippen MR) is 76.8 cm³/mol. The maximum Gasteiger partial charge on any atom is 0.260 e. The molecule has 3 N–H and O–H groups in total. The monoisotopic (exact) mass is 292 g/mol. The fourth-order valence-electron chi connectivity index (χ4n) is 2.50. The normalized spacial score (nSPS) is 17.8. The number of carbonyl (C=O) groups is 2. The molecule has 0 aliphatic carbocycles. The molecular weight excluding hydrogens is 272 g/mol. The largest absolute Gasteiger partial charge is 0.483 e. The number of ether oxygens (including phenoxy) is 1. The van der Waals surface area contributed by atoms with Gasteiger partial charge >= 0.3 is 0 Å². The zero-order valence-corrected chi connectivity index (χ0v) is 11.8. The second-order valence-electron chi connectivity index (χ2n) is 5.16. The lowest BCUT2D eigenvalue weighted by Gasteiger charge is -2.17. The van der Waals surface area contributed by atoms with Crippen molar-refractivity contribution in [1.29, 1.82) is 0 Å². The molecule has 1 saturated heterocycles. The predicted octanol–water partition coefficient (Wildman–Crippen LogP) is 0.395. The van der Waals surface area contributed by atoms with E-state index in [4.69, 9.17) is 15.6 Å². The highest BCUT2D eigenvalue weighted by atomic mass is 16.5. The third-order valence-electron chi connectivity index (χ3n) is 3.68. The van der Waals surface area contributed by atoms with Crippen molar-refractivity contribution in [2.45, 2.75) is 12.8 Å². The summed E-state index contributed by atoms with van der Waals surface area (Å²) in [6.45, 7) is 1.37. The zero-order valence-electron chi connectivity index (χ0n) is 11.8. The molecule has 0 saturated carbocycles. The minimum absolute atomic E-state index is 0.115. The van der Waals surface area contributed by atoms with Crippen LogP contribution >= 0.6 is 0 Å². The highest BCUT2D eigenvalue weighted by molar-refractivity contribution is 5.95. The van der Waals surface area contributed by atoms with Gasteiger partial charge in [-0.3, -0.25) is 9.59 Å². The molecule has 1 aliphatic rings. The molecular formula is C15H20N2O4. The topological polar surface area (TPSA) is 92.9 Å². The summed E-state index contributed by atoms with van der Waals surface area (Å²) in [6.07, 6.45) is 1.62. The standard InChI is InChI=1S/C15H20N2O4/c16-15(20)12-3-1-2-4-13(12)21-10-14(19)17-7-5-11(9-17)6-8-18/h1-4,11,18H,5-10H2,(H2,16,20). The Morgan fingerprint density at radius 3 is 2.86 bits per heavy atom. The summed E-state index contributed by atoms with van der Waals surface area (Å²) in [5.41, 5.74) is 5.53. The molecule has 1 fully saturated rings. The lowest BCUT2D eigenvalue weighted by molar-refractivity contribution is -0.132. The molecule has 0 spiro atoms. The molecule has 1 heterocycles. The first-order valence-corrected chi connectivity index (χ1v) is 7.02. The second kappa shape index (κ2) is 7.08. The van der Waals surface area contributed by atoms with Crippen molar-refractivity contribution < 1.29 is 19.4 Å². The summed E-state index contributed by atoms with van der Waals surface area (Å²) >= 11 is 0. The van der Waals surface area contributed by atoms with Crippen LogP contribution in [0.3, 0.4) is 0 Å². The Morgan fingerprint density at radius 1 is 1.38 bits per heavy atom. The van der Waals surface area contributed by atoms with Gasteiger partial charge in [-0.15, -0.1) is 0 Å². The molecule has 0 radical (unpaired) electrons. The number of primary amides is 1. The molecule has 1 aliphatic heterocycles. The first-order chi connectivity index (χ1) is 10.1. The van der Waals surface area contributed by atoms with E-state index in [0.29, 0.717) is 24.8 Å². The molecule has 6 nitrogen and oxygen atoms in total. The van der Waals surface area contributed by atoms with Gasteiger partial charge in [0.2, 0.25) is 0 Å². The number of benzene rings is 1. The van der Waals surface area contributed by atoms with Gasteiger partial charge in [-0.05, 0) is 30.9 Å². The van der Waals surface area contributed by atoms with E-state index in [-0.39, 0.29) is 24.7 Å². The number of aliphatic hydroxyl groups excluding tert-OH is 1. The van der Waals surface area contributed by atoms with E-state index in [1.165, 1.54) is 0 Å². The lowest BCUT2D eigenvalue weighted by Crippen LogP contribution is -2.33. The Hall–Kier alpha value is -2.08. The molecule has 1 atom stereocenters. The number of para-hydroxylation sites is 1. The third-order valence-corrected chi connectivity index (χ3v) is 3.68. The van der Waals surface area contributed by atoms with Crippen molar-refractivity contribution in [2.75, 3.05) is 26.3 Å². The van der Waals surface area contributed by atoms with Crippen molar-refractivity contribution in [3.05, 3.63) is 29.8 Å². The van der Waals surface area contributed by atoms with Crippen molar-refractivity contribution in [2.24, 2.45) is 11.7 Å². The first-order valence-electron chi connectivity index (χ1n) is 7.02. The Labute approximate surface area is 123 Å². The Balaban J connectivity index is 1.89. The molecule has 0 bridgehead atoms. The number of amides is 2. The Bertz CT molecular complexity index is 518. The van der Waals surface area contributed by atoms with Crippen LogP contribution in [-0.4, -0.2) is 48.1 Å². The third kappa shape index (κ3) is 3.95. The van der Waals surface area contributed by atoms with Crippen molar-refractivity contribution in [3.8, 4) is 5.75 Å². The van der Waals surface area contributed by atoms with Crippen molar-refractivity contribution in [3.63, 3.8) is 0 Å². The minimum Gasteiger partial charge on any atom is -0.483 e. The van der Waals surface area contributed by atoms with Gasteiger partial charge in [-0.25, -0.2) is 0 Å². The number of nitrogens with two attached hydrogens (primary N) is 1. The fourth-order valence-corrected chi connectivity index (χ4v) is 2.50. The molecule has 1 aromatic rings. The van der Waals surface area contributed by atoms with E-state index >= 15 is 0 Å². The van der Waals surface area contributed by atoms with Gasteiger partial charge in [-0.2, -0.15) is 0 Å². The first kappa shape index (κ1) is 15.3. The number of hydrogen-bond acceptors (Lipinski definition) is 4. The maximum absolute atomic E-state index is 12.1. The summed E-state index contributed by atoms with van der Waals surface area (Å²) in [7, 11) is 0. The van der Waals surface area contributed by atoms with Gasteiger partial charge < -0.3 is 20.5 Å². The summed E-state index contributed by atoms with van der Waals surface area (Å²) in [5.74, 6) is -0.0155. The number of nitrogens with zero attached hydrogens (tertiary/aromatic N) is 1. The highest BCUT2D eigenvalue weighted by Gasteiger charge is 2.26. The molecule has 6 heteroatoms. The molecule has 0 aromatic heterocycles. The average Bonchev–Trinajstić information content (AvgIpc) is 2.94. The van der Waals surface area contributed by atoms with E-state index in [1.54, 1.807) is 29.2 Å². The Morgan fingerprint density at radius 2 is 2.14 bits per heavy atom. The number of likely N-dealkylation sites (tertiary alicyclic amines) is 1. The SMILES string of the molecule is NC(=O)c1ccccc1OCC(=O)N1CCC(CCO)C1. The van der Waals surface area contributed by atoms with Crippen LogP contribution in [0.25, 0.3) is 0 Å². The van der Waals surface area contributed by atoms with Crippen LogP contribution in [0.5, 0.6) is 5.75 Å². The minimum atomic E-state index is -0.581. The zero-order chi connectivity index (χ0) is 15.2. The van der Waals surface area contributed by atoms with Gasteiger partial charge in [0.1, 0.15) is 5.75 Å². The van der Waals surface area contributed by atoms with E-state index in [9.17, 15) is 9.59 Å². The van der Waals surface area contributed by atoms with E-state index in [0.717, 1.165) is 12.8 Å². The van der Waals surface area contributed by atoms with E-state index in [1.807, 2.05) is 0 Å². The van der Waals surface area contributed by atoms with E-state index in [2.05, 4.69) is 0 Å². The summed E-state index contributed by atoms with van der Waals surface area (Å²) < 4.78 is 5.43. The van der Waals surface area contributed by atoms with Gasteiger partial charge in [0, 0.05) is 19.7 Å². The van der Waals surface area contributed by atoms with Gasteiger partial charge in [0.25, 0.3) is 11.8 Å². The smallest absolute Gasteiger partial charge is 0.260 e. The number of aliphatic hydroxyl groups is 1. The van der Waals surface area contributed by atoms with Crippen molar-refractivity contribution in [1.82, 2.24) is 4.90 Å². The fraction of sp³-hybridized carbons (Fsp3) is 0.467. The maximum atomic E-state index is 12.1. The summed E-state index contributed by atoms with van der Waals surface area (Å²) in [6, 6.07) is 6.59. The van der Waals surface area contributed by atoms with Crippen LogP contribution in [0.1, 0.15) is 23.2 Å². The van der Waals surface area contributed by atoms with Crippen LogP contribution in [0.4, 0.5) is 0 Å². The van der Waals surface area contributed by atoms with Crippen molar-refractivity contribution >= 4 is 11.8 Å². The average molecular weight is 292 g/mol. The Kier molecular flexibility index (Phi) is 5.16. The number of hydrogen-bond donors (Lipinski definition) is 2. The molecule has 2 rings (SSSR count). The quantitative estimate of drug-likeness (QED) is 0.793. The van der Waals surface area contributed by atoms with E-state index < -0.39 is 5.91 Å².